The summed E-state index contributed by atoms with van der Waals surface area (Å²) < 4.78 is 4.99. The third-order valence-corrected chi connectivity index (χ3v) is 4.16. The fourth-order valence-corrected chi connectivity index (χ4v) is 3.00. The number of aromatic nitrogens is 3. The number of hydrogen-bond acceptors (Lipinski definition) is 7. The molecular formula is C12H17N5OS. The number of thiazole rings is 1. The van der Waals surface area contributed by atoms with Crippen LogP contribution in [0.25, 0.3) is 0 Å². The quantitative estimate of drug-likeness (QED) is 0.848. The standard InChI is InChI=1S/C12H17N5OS/c1-9-7-13-12(19-9)17-5-3-16(4-6-17)8-11-14-10(2)18-15-11/h7H,3-6,8H2,1-2H3. The molecule has 19 heavy (non-hydrogen) atoms. The van der Waals surface area contributed by atoms with Gasteiger partial charge in [-0.25, -0.2) is 4.98 Å². The molecular weight excluding hydrogens is 262 g/mol. The van der Waals surface area contributed by atoms with Crippen LogP contribution < -0.4 is 4.90 Å². The highest BCUT2D eigenvalue weighted by Gasteiger charge is 2.20. The van der Waals surface area contributed by atoms with Crippen molar-refractivity contribution in [2.75, 3.05) is 31.1 Å². The lowest BCUT2D eigenvalue weighted by atomic mass is 10.3. The minimum absolute atomic E-state index is 0.631. The summed E-state index contributed by atoms with van der Waals surface area (Å²) in [5.74, 6) is 1.41. The molecule has 1 aliphatic heterocycles. The molecule has 3 rings (SSSR count). The molecule has 2 aromatic rings. The Balaban J connectivity index is 1.54. The molecule has 1 aliphatic rings. The monoisotopic (exact) mass is 279 g/mol. The number of nitrogens with zero attached hydrogens (tertiary/aromatic N) is 5. The molecule has 0 radical (unpaired) electrons. The molecule has 102 valence electrons. The summed E-state index contributed by atoms with van der Waals surface area (Å²) in [5, 5.41) is 5.07. The first kappa shape index (κ1) is 12.6. The Hall–Kier alpha value is -1.47. The summed E-state index contributed by atoms with van der Waals surface area (Å²) in [5.41, 5.74) is 0. The summed E-state index contributed by atoms with van der Waals surface area (Å²) in [6.45, 7) is 8.70. The first-order chi connectivity index (χ1) is 9.20. The fourth-order valence-electron chi connectivity index (χ4n) is 2.19. The number of rotatable bonds is 3. The largest absolute Gasteiger partial charge is 0.346 e. The third kappa shape index (κ3) is 2.93. The van der Waals surface area contributed by atoms with E-state index in [2.05, 4.69) is 31.8 Å². The van der Waals surface area contributed by atoms with Crippen LogP contribution in [0.1, 0.15) is 16.6 Å². The lowest BCUT2D eigenvalue weighted by Crippen LogP contribution is -2.46. The Morgan fingerprint density at radius 2 is 2.05 bits per heavy atom. The van der Waals surface area contributed by atoms with E-state index in [1.165, 1.54) is 4.88 Å². The van der Waals surface area contributed by atoms with Gasteiger partial charge in [0, 0.05) is 44.2 Å². The molecule has 0 saturated carbocycles. The van der Waals surface area contributed by atoms with Crippen LogP contribution in [-0.2, 0) is 6.54 Å². The Bertz CT molecular complexity index is 544. The zero-order valence-electron chi connectivity index (χ0n) is 11.2. The number of piperazine rings is 1. The second-order valence-corrected chi connectivity index (χ2v) is 5.96. The van der Waals surface area contributed by atoms with E-state index in [0.717, 1.165) is 43.7 Å². The van der Waals surface area contributed by atoms with Crippen LogP contribution in [0.5, 0.6) is 0 Å². The Morgan fingerprint density at radius 1 is 1.26 bits per heavy atom. The lowest BCUT2D eigenvalue weighted by molar-refractivity contribution is 0.240. The molecule has 0 atom stereocenters. The minimum Gasteiger partial charge on any atom is -0.346 e. The summed E-state index contributed by atoms with van der Waals surface area (Å²) >= 11 is 1.76. The van der Waals surface area contributed by atoms with Crippen LogP contribution >= 0.6 is 11.3 Å². The van der Waals surface area contributed by atoms with E-state index in [4.69, 9.17) is 4.52 Å². The van der Waals surface area contributed by atoms with Crippen molar-refractivity contribution < 1.29 is 4.52 Å². The number of hydrogen-bond donors (Lipinski definition) is 0. The fraction of sp³-hybridized carbons (Fsp3) is 0.583. The van der Waals surface area contributed by atoms with E-state index in [-0.39, 0.29) is 0 Å². The molecule has 1 saturated heterocycles. The van der Waals surface area contributed by atoms with Crippen LogP contribution in [0.3, 0.4) is 0 Å². The van der Waals surface area contributed by atoms with Crippen molar-refractivity contribution in [1.29, 1.82) is 0 Å². The second kappa shape index (κ2) is 5.26. The topological polar surface area (TPSA) is 58.3 Å². The first-order valence-electron chi connectivity index (χ1n) is 6.39. The van der Waals surface area contributed by atoms with E-state index in [0.29, 0.717) is 5.89 Å². The zero-order chi connectivity index (χ0) is 13.2. The highest BCUT2D eigenvalue weighted by Crippen LogP contribution is 2.22. The third-order valence-electron chi connectivity index (χ3n) is 3.19. The predicted molar refractivity (Wildman–Crippen MR) is 73.4 cm³/mol. The van der Waals surface area contributed by atoms with Gasteiger partial charge in [-0.3, -0.25) is 4.90 Å². The zero-order valence-corrected chi connectivity index (χ0v) is 12.0. The van der Waals surface area contributed by atoms with Crippen molar-refractivity contribution >= 4 is 16.5 Å². The second-order valence-electron chi connectivity index (χ2n) is 4.75. The maximum absolute atomic E-state index is 4.99. The van der Waals surface area contributed by atoms with E-state index in [9.17, 15) is 0 Å². The van der Waals surface area contributed by atoms with Gasteiger partial charge in [-0.15, -0.1) is 11.3 Å². The van der Waals surface area contributed by atoms with E-state index < -0.39 is 0 Å². The van der Waals surface area contributed by atoms with E-state index in [1.54, 1.807) is 11.3 Å². The van der Waals surface area contributed by atoms with Gasteiger partial charge in [0.25, 0.3) is 0 Å². The van der Waals surface area contributed by atoms with Crippen molar-refractivity contribution in [3.8, 4) is 0 Å². The van der Waals surface area contributed by atoms with Crippen LogP contribution in [0.15, 0.2) is 10.7 Å². The van der Waals surface area contributed by atoms with Crippen molar-refractivity contribution in [3.63, 3.8) is 0 Å². The molecule has 0 spiro atoms. The van der Waals surface area contributed by atoms with Gasteiger partial charge < -0.3 is 9.42 Å². The van der Waals surface area contributed by atoms with Crippen molar-refractivity contribution in [2.45, 2.75) is 20.4 Å². The SMILES string of the molecule is Cc1nc(CN2CCN(c3ncc(C)s3)CC2)no1. The molecule has 0 aliphatic carbocycles. The molecule has 0 aromatic carbocycles. The highest BCUT2D eigenvalue weighted by atomic mass is 32.1. The maximum atomic E-state index is 4.99. The Labute approximate surface area is 116 Å². The van der Waals surface area contributed by atoms with Gasteiger partial charge in [0.15, 0.2) is 11.0 Å². The normalized spacial score (nSPS) is 17.1. The van der Waals surface area contributed by atoms with Crippen molar-refractivity contribution in [2.24, 2.45) is 0 Å². The van der Waals surface area contributed by atoms with Gasteiger partial charge in [0.1, 0.15) is 0 Å². The van der Waals surface area contributed by atoms with Crippen molar-refractivity contribution in [1.82, 2.24) is 20.0 Å². The van der Waals surface area contributed by atoms with Gasteiger partial charge in [-0.05, 0) is 6.92 Å². The van der Waals surface area contributed by atoms with Crippen LogP contribution in [0, 0.1) is 13.8 Å². The predicted octanol–water partition coefficient (Wildman–Crippen LogP) is 1.47. The average Bonchev–Trinajstić information content (AvgIpc) is 3.00. The van der Waals surface area contributed by atoms with E-state index in [1.807, 2.05) is 13.1 Å². The van der Waals surface area contributed by atoms with Crippen LogP contribution in [-0.4, -0.2) is 46.2 Å². The molecule has 3 heterocycles. The van der Waals surface area contributed by atoms with Gasteiger partial charge in [0.05, 0.1) is 6.54 Å². The van der Waals surface area contributed by atoms with Crippen LogP contribution in [0.4, 0.5) is 5.13 Å². The van der Waals surface area contributed by atoms with Crippen LogP contribution in [0.2, 0.25) is 0 Å². The molecule has 2 aromatic heterocycles. The molecule has 1 fully saturated rings. The van der Waals surface area contributed by atoms with Gasteiger partial charge in [0.2, 0.25) is 5.89 Å². The van der Waals surface area contributed by atoms with Gasteiger partial charge >= 0.3 is 0 Å². The maximum Gasteiger partial charge on any atom is 0.223 e. The molecule has 0 amide bonds. The molecule has 0 unspecified atom stereocenters. The van der Waals surface area contributed by atoms with Gasteiger partial charge in [-0.1, -0.05) is 5.16 Å². The minimum atomic E-state index is 0.631. The summed E-state index contributed by atoms with van der Waals surface area (Å²) in [4.78, 5) is 14.6. The average molecular weight is 279 g/mol. The summed E-state index contributed by atoms with van der Waals surface area (Å²) in [7, 11) is 0. The number of anilines is 1. The smallest absolute Gasteiger partial charge is 0.223 e. The molecule has 7 heteroatoms. The molecule has 0 bridgehead atoms. The summed E-state index contributed by atoms with van der Waals surface area (Å²) in [6, 6.07) is 0. The van der Waals surface area contributed by atoms with Gasteiger partial charge in [-0.2, -0.15) is 4.98 Å². The summed E-state index contributed by atoms with van der Waals surface area (Å²) in [6.07, 6.45) is 1.94. The molecule has 6 nitrogen and oxygen atoms in total. The lowest BCUT2D eigenvalue weighted by Gasteiger charge is -2.33. The Morgan fingerprint density at radius 3 is 2.63 bits per heavy atom. The highest BCUT2D eigenvalue weighted by molar-refractivity contribution is 7.15. The first-order valence-corrected chi connectivity index (χ1v) is 7.21. The van der Waals surface area contributed by atoms with Crippen molar-refractivity contribution in [3.05, 3.63) is 22.8 Å². The number of aryl methyl sites for hydroxylation is 2. The molecule has 0 N–H and O–H groups in total. The van der Waals surface area contributed by atoms with E-state index >= 15 is 0 Å². The Kier molecular flexibility index (Phi) is 3.48.